The van der Waals surface area contributed by atoms with Gasteiger partial charge in [0.1, 0.15) is 0 Å². The molecule has 0 bridgehead atoms. The van der Waals surface area contributed by atoms with E-state index in [1.165, 1.54) is 0 Å². The minimum absolute atomic E-state index is 0.00760. The fraction of sp³-hybridized carbons (Fsp3) is 0.308. The Labute approximate surface area is 90.5 Å². The van der Waals surface area contributed by atoms with E-state index in [1.54, 1.807) is 6.92 Å². The molecule has 78 valence electrons. The molecule has 1 rings (SSSR count). The minimum Gasteiger partial charge on any atom is -0.321 e. The van der Waals surface area contributed by atoms with Crippen molar-refractivity contribution in [3.8, 4) is 11.8 Å². The first-order valence-electron chi connectivity index (χ1n) is 4.96. The molecule has 0 fully saturated rings. The van der Waals surface area contributed by atoms with Crippen LogP contribution >= 0.6 is 0 Å². The summed E-state index contributed by atoms with van der Waals surface area (Å²) < 4.78 is 0. The van der Waals surface area contributed by atoms with Gasteiger partial charge in [-0.05, 0) is 18.9 Å². The van der Waals surface area contributed by atoms with E-state index in [1.807, 2.05) is 30.3 Å². The molecule has 0 aliphatic heterocycles. The van der Waals surface area contributed by atoms with Gasteiger partial charge in [-0.3, -0.25) is 4.79 Å². The Morgan fingerprint density at radius 1 is 1.40 bits per heavy atom. The molecule has 0 heterocycles. The molecule has 0 aliphatic carbocycles. The maximum atomic E-state index is 11.5. The quantitative estimate of drug-likeness (QED) is 0.751. The summed E-state index contributed by atoms with van der Waals surface area (Å²) in [5.41, 5.74) is 6.86. The summed E-state index contributed by atoms with van der Waals surface area (Å²) in [6, 6.07) is 9.33. The summed E-state index contributed by atoms with van der Waals surface area (Å²) in [6.45, 7) is 1.72. The maximum Gasteiger partial charge on any atom is 0.161 e. The first kappa shape index (κ1) is 11.5. The van der Waals surface area contributed by atoms with Gasteiger partial charge in [0.15, 0.2) is 5.78 Å². The zero-order valence-electron chi connectivity index (χ0n) is 8.86. The number of carbonyl (C=O) groups excluding carboxylic acids is 1. The van der Waals surface area contributed by atoms with E-state index >= 15 is 0 Å². The summed E-state index contributed by atoms with van der Waals surface area (Å²) in [4.78, 5) is 11.5. The van der Waals surface area contributed by atoms with Crippen LogP contribution in [-0.4, -0.2) is 11.8 Å². The Kier molecular flexibility index (Phi) is 4.59. The number of Topliss-reactive ketones (excluding diaryl/α,β-unsaturated/α-hetero) is 1. The molecular formula is C13H15NO. The lowest BCUT2D eigenvalue weighted by atomic mass is 10.0. The molecule has 1 atom stereocenters. The van der Waals surface area contributed by atoms with Crippen molar-refractivity contribution >= 4 is 5.78 Å². The molecule has 1 aromatic rings. The standard InChI is InChI=1S/C13H15NO/c1-2-3-9-13(15)12(14)10-11-7-5-4-6-8-11/h4-8,12H,9-10,14H2,1H3. The van der Waals surface area contributed by atoms with Crippen LogP contribution in [0.5, 0.6) is 0 Å². The highest BCUT2D eigenvalue weighted by atomic mass is 16.1. The number of rotatable bonds is 4. The van der Waals surface area contributed by atoms with E-state index < -0.39 is 6.04 Å². The molecule has 1 unspecified atom stereocenters. The molecule has 2 heteroatoms. The highest BCUT2D eigenvalue weighted by molar-refractivity contribution is 5.86. The number of carbonyl (C=O) groups is 1. The van der Waals surface area contributed by atoms with Gasteiger partial charge in [0.2, 0.25) is 0 Å². The molecule has 15 heavy (non-hydrogen) atoms. The van der Waals surface area contributed by atoms with Gasteiger partial charge in [0.05, 0.1) is 12.5 Å². The fourth-order valence-corrected chi connectivity index (χ4v) is 1.29. The van der Waals surface area contributed by atoms with Crippen LogP contribution in [0.15, 0.2) is 30.3 Å². The first-order valence-corrected chi connectivity index (χ1v) is 4.96. The maximum absolute atomic E-state index is 11.5. The molecule has 0 saturated carbocycles. The van der Waals surface area contributed by atoms with E-state index in [0.717, 1.165) is 5.56 Å². The van der Waals surface area contributed by atoms with Crippen molar-refractivity contribution in [1.29, 1.82) is 0 Å². The monoisotopic (exact) mass is 201 g/mol. The SMILES string of the molecule is CC#CCC(=O)C(N)Cc1ccccc1. The van der Waals surface area contributed by atoms with Crippen molar-refractivity contribution in [1.82, 2.24) is 0 Å². The van der Waals surface area contributed by atoms with Crippen LogP contribution in [0.2, 0.25) is 0 Å². The number of hydrogen-bond donors (Lipinski definition) is 1. The van der Waals surface area contributed by atoms with Gasteiger partial charge >= 0.3 is 0 Å². The van der Waals surface area contributed by atoms with Gasteiger partial charge in [-0.1, -0.05) is 36.3 Å². The second-order valence-corrected chi connectivity index (χ2v) is 3.37. The van der Waals surface area contributed by atoms with Crippen molar-refractivity contribution in [3.63, 3.8) is 0 Å². The Bertz CT molecular complexity index is 373. The topological polar surface area (TPSA) is 43.1 Å². The molecule has 0 radical (unpaired) electrons. The third kappa shape index (κ3) is 3.97. The number of ketones is 1. The normalized spacial score (nSPS) is 11.3. The molecular weight excluding hydrogens is 186 g/mol. The number of nitrogens with two attached hydrogens (primary N) is 1. The molecule has 1 aromatic carbocycles. The zero-order valence-corrected chi connectivity index (χ0v) is 8.86. The lowest BCUT2D eigenvalue weighted by Gasteiger charge is -2.08. The Morgan fingerprint density at radius 2 is 2.07 bits per heavy atom. The minimum atomic E-state index is -0.437. The summed E-state index contributed by atoms with van der Waals surface area (Å²) in [6.07, 6.45) is 0.843. The predicted octanol–water partition coefficient (Wildman–Crippen LogP) is 1.54. The summed E-state index contributed by atoms with van der Waals surface area (Å²) in [5.74, 6) is 5.43. The van der Waals surface area contributed by atoms with Gasteiger partial charge in [-0.25, -0.2) is 0 Å². The molecule has 2 N–H and O–H groups in total. The Morgan fingerprint density at radius 3 is 2.67 bits per heavy atom. The van der Waals surface area contributed by atoms with Crippen LogP contribution in [0, 0.1) is 11.8 Å². The molecule has 0 amide bonds. The van der Waals surface area contributed by atoms with Crippen molar-refractivity contribution in [2.75, 3.05) is 0 Å². The van der Waals surface area contributed by atoms with E-state index in [0.29, 0.717) is 6.42 Å². The van der Waals surface area contributed by atoms with Gasteiger partial charge in [-0.15, -0.1) is 5.92 Å². The largest absolute Gasteiger partial charge is 0.321 e. The lowest BCUT2D eigenvalue weighted by molar-refractivity contribution is -0.119. The summed E-state index contributed by atoms with van der Waals surface area (Å²) in [7, 11) is 0. The van der Waals surface area contributed by atoms with Crippen LogP contribution in [-0.2, 0) is 11.2 Å². The molecule has 0 aromatic heterocycles. The first-order chi connectivity index (χ1) is 7.24. The number of benzene rings is 1. The molecule has 0 saturated heterocycles. The van der Waals surface area contributed by atoms with Crippen molar-refractivity contribution in [2.45, 2.75) is 25.8 Å². The molecule has 0 spiro atoms. The van der Waals surface area contributed by atoms with Crippen LogP contribution < -0.4 is 5.73 Å². The van der Waals surface area contributed by atoms with Crippen molar-refractivity contribution < 1.29 is 4.79 Å². The second-order valence-electron chi connectivity index (χ2n) is 3.37. The van der Waals surface area contributed by atoms with Crippen molar-refractivity contribution in [3.05, 3.63) is 35.9 Å². The van der Waals surface area contributed by atoms with Gasteiger partial charge in [0.25, 0.3) is 0 Å². The number of hydrogen-bond acceptors (Lipinski definition) is 2. The van der Waals surface area contributed by atoms with Gasteiger partial charge in [-0.2, -0.15) is 0 Å². The molecule has 0 aliphatic rings. The fourth-order valence-electron chi connectivity index (χ4n) is 1.29. The second kappa shape index (κ2) is 6.00. The average Bonchev–Trinajstić information content (AvgIpc) is 2.27. The van der Waals surface area contributed by atoms with Gasteiger partial charge < -0.3 is 5.73 Å². The predicted molar refractivity (Wildman–Crippen MR) is 61.2 cm³/mol. The van der Waals surface area contributed by atoms with E-state index in [-0.39, 0.29) is 12.2 Å². The molecule has 2 nitrogen and oxygen atoms in total. The summed E-state index contributed by atoms with van der Waals surface area (Å²) >= 11 is 0. The van der Waals surface area contributed by atoms with E-state index in [9.17, 15) is 4.79 Å². The third-order valence-corrected chi connectivity index (χ3v) is 2.15. The van der Waals surface area contributed by atoms with Crippen LogP contribution in [0.1, 0.15) is 18.9 Å². The lowest BCUT2D eigenvalue weighted by Crippen LogP contribution is -2.32. The zero-order chi connectivity index (χ0) is 11.1. The van der Waals surface area contributed by atoms with Gasteiger partial charge in [0, 0.05) is 0 Å². The van der Waals surface area contributed by atoms with Crippen LogP contribution in [0.3, 0.4) is 0 Å². The van der Waals surface area contributed by atoms with Crippen LogP contribution in [0.25, 0.3) is 0 Å². The van der Waals surface area contributed by atoms with Crippen LogP contribution in [0.4, 0.5) is 0 Å². The average molecular weight is 201 g/mol. The van der Waals surface area contributed by atoms with E-state index in [4.69, 9.17) is 5.73 Å². The highest BCUT2D eigenvalue weighted by Crippen LogP contribution is 2.03. The Balaban J connectivity index is 2.51. The van der Waals surface area contributed by atoms with E-state index in [2.05, 4.69) is 11.8 Å². The highest BCUT2D eigenvalue weighted by Gasteiger charge is 2.12. The smallest absolute Gasteiger partial charge is 0.161 e. The van der Waals surface area contributed by atoms with Crippen molar-refractivity contribution in [2.24, 2.45) is 5.73 Å². The third-order valence-electron chi connectivity index (χ3n) is 2.15. The Hall–Kier alpha value is -1.59. The summed E-state index contributed by atoms with van der Waals surface area (Å²) in [5, 5.41) is 0.